The van der Waals surface area contributed by atoms with E-state index in [1.165, 1.54) is 17.4 Å². The van der Waals surface area contributed by atoms with Gasteiger partial charge in [-0.25, -0.2) is 0 Å². The molecule has 0 saturated carbocycles. The van der Waals surface area contributed by atoms with Gasteiger partial charge in [-0.05, 0) is 61.1 Å². The average Bonchev–Trinajstić information content (AvgIpc) is 3.23. The number of likely N-dealkylation sites (tertiary alicyclic amines) is 1. The second-order valence-corrected chi connectivity index (χ2v) is 9.57. The van der Waals surface area contributed by atoms with Crippen molar-refractivity contribution in [3.8, 4) is 10.4 Å². The van der Waals surface area contributed by atoms with Crippen molar-refractivity contribution in [3.05, 3.63) is 89.5 Å². The molecule has 2 heterocycles. The maximum atomic E-state index is 13.5. The van der Waals surface area contributed by atoms with Crippen LogP contribution in [0.5, 0.6) is 0 Å². The zero-order chi connectivity index (χ0) is 24.8. The van der Waals surface area contributed by atoms with E-state index >= 15 is 0 Å². The summed E-state index contributed by atoms with van der Waals surface area (Å²) in [5.74, 6) is -0.551. The van der Waals surface area contributed by atoms with Gasteiger partial charge in [0.05, 0.1) is 5.56 Å². The first-order chi connectivity index (χ1) is 17.0. The highest BCUT2D eigenvalue weighted by molar-refractivity contribution is 7.20. The number of nitrogens with zero attached hydrogens (tertiary/aromatic N) is 1. The molecule has 35 heavy (non-hydrogen) atoms. The van der Waals surface area contributed by atoms with Crippen LogP contribution in [0.2, 0.25) is 0 Å². The number of nitrogens with one attached hydrogen (secondary N) is 2. The lowest BCUT2D eigenvalue weighted by Gasteiger charge is -2.27. The number of anilines is 1. The predicted octanol–water partition coefficient (Wildman–Crippen LogP) is 5.40. The average molecular weight is 488 g/mol. The summed E-state index contributed by atoms with van der Waals surface area (Å²) >= 11 is 1.44. The van der Waals surface area contributed by atoms with Gasteiger partial charge in [0.1, 0.15) is 5.00 Å². The standard InChI is InChI=1S/C28H29N3O3S/c1-3-23(32)29-18-20-12-14-22(15-13-20)26(33)30-27-24(28(34)31-16-8-5-9-17-31)19(2)25(35-27)21-10-6-4-7-11-21/h3-4,6-7,10-15H,1,5,8-9,16-18H2,2H3,(H,29,32)(H,30,33). The lowest BCUT2D eigenvalue weighted by Crippen LogP contribution is -2.36. The Bertz CT molecular complexity index is 1230. The topological polar surface area (TPSA) is 78.5 Å². The molecule has 4 rings (SSSR count). The van der Waals surface area contributed by atoms with Crippen LogP contribution in [0.3, 0.4) is 0 Å². The highest BCUT2D eigenvalue weighted by Gasteiger charge is 2.28. The van der Waals surface area contributed by atoms with E-state index in [0.717, 1.165) is 53.9 Å². The van der Waals surface area contributed by atoms with E-state index in [9.17, 15) is 14.4 Å². The Morgan fingerprint density at radius 1 is 1.00 bits per heavy atom. The fraction of sp³-hybridized carbons (Fsp3) is 0.250. The maximum absolute atomic E-state index is 13.5. The largest absolute Gasteiger partial charge is 0.348 e. The molecule has 1 aliphatic heterocycles. The van der Waals surface area contributed by atoms with Crippen LogP contribution in [-0.2, 0) is 11.3 Å². The van der Waals surface area contributed by atoms with Crippen LogP contribution in [0.1, 0.15) is 51.1 Å². The molecular weight excluding hydrogens is 458 g/mol. The van der Waals surface area contributed by atoms with Crippen molar-refractivity contribution in [2.24, 2.45) is 0 Å². The molecular formula is C28H29N3O3S. The van der Waals surface area contributed by atoms with Gasteiger partial charge in [-0.1, -0.05) is 49.0 Å². The van der Waals surface area contributed by atoms with Gasteiger partial charge >= 0.3 is 0 Å². The van der Waals surface area contributed by atoms with Crippen molar-refractivity contribution in [2.75, 3.05) is 18.4 Å². The molecule has 2 aromatic carbocycles. The third-order valence-electron chi connectivity index (χ3n) is 6.14. The summed E-state index contributed by atoms with van der Waals surface area (Å²) in [5, 5.41) is 6.29. The van der Waals surface area contributed by atoms with Crippen molar-refractivity contribution >= 4 is 34.1 Å². The minimum Gasteiger partial charge on any atom is -0.348 e. The number of thiophene rings is 1. The van der Waals surface area contributed by atoms with Gasteiger partial charge < -0.3 is 15.5 Å². The second-order valence-electron chi connectivity index (χ2n) is 8.55. The Morgan fingerprint density at radius 3 is 2.34 bits per heavy atom. The first-order valence-corrected chi connectivity index (χ1v) is 12.6. The molecule has 2 N–H and O–H groups in total. The van der Waals surface area contributed by atoms with Gasteiger partial charge in [0.25, 0.3) is 11.8 Å². The molecule has 3 amide bonds. The molecule has 1 aromatic heterocycles. The van der Waals surface area contributed by atoms with E-state index in [4.69, 9.17) is 0 Å². The van der Waals surface area contributed by atoms with Crippen molar-refractivity contribution in [1.82, 2.24) is 10.2 Å². The highest BCUT2D eigenvalue weighted by atomic mass is 32.1. The first kappa shape index (κ1) is 24.4. The van der Waals surface area contributed by atoms with Crippen LogP contribution in [0.15, 0.2) is 67.3 Å². The predicted molar refractivity (Wildman–Crippen MR) is 141 cm³/mol. The molecule has 3 aromatic rings. The van der Waals surface area contributed by atoms with Gasteiger partial charge in [0.2, 0.25) is 5.91 Å². The van der Waals surface area contributed by atoms with Gasteiger partial charge in [0, 0.05) is 30.1 Å². The number of piperidine rings is 1. The minimum absolute atomic E-state index is 0.0239. The number of rotatable bonds is 7. The van der Waals surface area contributed by atoms with E-state index in [2.05, 4.69) is 17.2 Å². The maximum Gasteiger partial charge on any atom is 0.257 e. The zero-order valence-corrected chi connectivity index (χ0v) is 20.6. The fourth-order valence-corrected chi connectivity index (χ4v) is 5.39. The number of carbonyl (C=O) groups excluding carboxylic acids is 3. The SMILES string of the molecule is C=CC(=O)NCc1ccc(C(=O)Nc2sc(-c3ccccc3)c(C)c2C(=O)N2CCCCC2)cc1. The van der Waals surface area contributed by atoms with E-state index in [1.54, 1.807) is 24.3 Å². The van der Waals surface area contributed by atoms with Gasteiger partial charge in [-0.2, -0.15) is 0 Å². The fourth-order valence-electron chi connectivity index (χ4n) is 4.19. The smallest absolute Gasteiger partial charge is 0.257 e. The van der Waals surface area contributed by atoms with Gasteiger partial charge in [0.15, 0.2) is 0 Å². The number of amides is 3. The molecule has 180 valence electrons. The molecule has 1 fully saturated rings. The molecule has 0 unspecified atom stereocenters. The van der Waals surface area contributed by atoms with Crippen LogP contribution in [0, 0.1) is 6.92 Å². The Hall–Kier alpha value is -3.71. The monoisotopic (exact) mass is 487 g/mol. The molecule has 0 spiro atoms. The number of hydrogen-bond acceptors (Lipinski definition) is 4. The Labute approximate surface area is 209 Å². The summed E-state index contributed by atoms with van der Waals surface area (Å²) in [6.45, 7) is 7.23. The second kappa shape index (κ2) is 11.1. The molecule has 7 heteroatoms. The number of benzene rings is 2. The number of carbonyl (C=O) groups is 3. The van der Waals surface area contributed by atoms with Crippen LogP contribution < -0.4 is 10.6 Å². The summed E-state index contributed by atoms with van der Waals surface area (Å²) in [6, 6.07) is 17.0. The summed E-state index contributed by atoms with van der Waals surface area (Å²) in [6.07, 6.45) is 4.36. The molecule has 0 radical (unpaired) electrons. The summed E-state index contributed by atoms with van der Waals surface area (Å²) in [7, 11) is 0. The van der Waals surface area contributed by atoms with E-state index in [0.29, 0.717) is 22.7 Å². The minimum atomic E-state index is -0.278. The van der Waals surface area contributed by atoms with Crippen LogP contribution in [-0.4, -0.2) is 35.7 Å². The van der Waals surface area contributed by atoms with Gasteiger partial charge in [-0.15, -0.1) is 11.3 Å². The Morgan fingerprint density at radius 2 is 1.69 bits per heavy atom. The van der Waals surface area contributed by atoms with Crippen molar-refractivity contribution in [2.45, 2.75) is 32.7 Å². The van der Waals surface area contributed by atoms with Crippen LogP contribution in [0.25, 0.3) is 10.4 Å². The molecule has 6 nitrogen and oxygen atoms in total. The quantitative estimate of drug-likeness (QED) is 0.438. The molecule has 0 bridgehead atoms. The van der Waals surface area contributed by atoms with Crippen LogP contribution >= 0.6 is 11.3 Å². The third-order valence-corrected chi connectivity index (χ3v) is 7.39. The Kier molecular flexibility index (Phi) is 7.77. The lowest BCUT2D eigenvalue weighted by molar-refractivity contribution is -0.116. The summed E-state index contributed by atoms with van der Waals surface area (Å²) in [4.78, 5) is 40.9. The zero-order valence-electron chi connectivity index (χ0n) is 19.8. The number of hydrogen-bond donors (Lipinski definition) is 2. The first-order valence-electron chi connectivity index (χ1n) is 11.8. The van der Waals surface area contributed by atoms with Crippen molar-refractivity contribution in [1.29, 1.82) is 0 Å². The molecule has 1 saturated heterocycles. The highest BCUT2D eigenvalue weighted by Crippen LogP contribution is 2.41. The van der Waals surface area contributed by atoms with E-state index in [1.807, 2.05) is 42.2 Å². The normalized spacial score (nSPS) is 13.2. The van der Waals surface area contributed by atoms with Crippen molar-refractivity contribution < 1.29 is 14.4 Å². The summed E-state index contributed by atoms with van der Waals surface area (Å²) in [5.41, 5.74) is 3.84. The van der Waals surface area contributed by atoms with Crippen LogP contribution in [0.4, 0.5) is 5.00 Å². The lowest BCUT2D eigenvalue weighted by atomic mass is 10.0. The van der Waals surface area contributed by atoms with E-state index < -0.39 is 0 Å². The third kappa shape index (κ3) is 5.69. The molecule has 1 aliphatic rings. The Balaban J connectivity index is 1.60. The van der Waals surface area contributed by atoms with E-state index in [-0.39, 0.29) is 17.7 Å². The van der Waals surface area contributed by atoms with Gasteiger partial charge in [-0.3, -0.25) is 14.4 Å². The molecule has 0 atom stereocenters. The summed E-state index contributed by atoms with van der Waals surface area (Å²) < 4.78 is 0. The van der Waals surface area contributed by atoms with Crippen molar-refractivity contribution in [3.63, 3.8) is 0 Å². The molecule has 0 aliphatic carbocycles.